The Labute approximate surface area is 122 Å². The molecule has 108 valence electrons. The number of fused-ring (bicyclic) bond motifs is 5. The summed E-state index contributed by atoms with van der Waals surface area (Å²) in [6, 6.07) is 5.02. The first-order chi connectivity index (χ1) is 9.56. The van der Waals surface area contributed by atoms with Crippen molar-refractivity contribution in [2.24, 2.45) is 35.3 Å². The molecule has 1 nitrogen and oxygen atoms in total. The fourth-order valence-corrected chi connectivity index (χ4v) is 5.87. The quantitative estimate of drug-likeness (QED) is 0.888. The molecular weight excluding hydrogens is 242 g/mol. The largest absolute Gasteiger partial charge is 0.327 e. The maximum absolute atomic E-state index is 6.63. The summed E-state index contributed by atoms with van der Waals surface area (Å²) in [7, 11) is 0. The van der Waals surface area contributed by atoms with E-state index >= 15 is 0 Å². The predicted molar refractivity (Wildman–Crippen MR) is 83.6 cm³/mol. The van der Waals surface area contributed by atoms with Gasteiger partial charge in [-0.2, -0.15) is 0 Å². The van der Waals surface area contributed by atoms with E-state index in [1.807, 2.05) is 0 Å². The van der Waals surface area contributed by atoms with E-state index in [0.717, 1.165) is 36.0 Å². The van der Waals surface area contributed by atoms with Crippen molar-refractivity contribution >= 4 is 0 Å². The van der Waals surface area contributed by atoms with Crippen LogP contribution in [-0.2, 0) is 6.42 Å². The van der Waals surface area contributed by atoms with Crippen LogP contribution in [0.5, 0.6) is 0 Å². The summed E-state index contributed by atoms with van der Waals surface area (Å²) in [5.41, 5.74) is 12.4. The van der Waals surface area contributed by atoms with Gasteiger partial charge in [0.05, 0.1) is 0 Å². The predicted octanol–water partition coefficient (Wildman–Crippen LogP) is 3.77. The maximum atomic E-state index is 6.63. The van der Waals surface area contributed by atoms with Crippen LogP contribution in [0.3, 0.4) is 0 Å². The van der Waals surface area contributed by atoms with E-state index in [4.69, 9.17) is 5.73 Å². The van der Waals surface area contributed by atoms with Gasteiger partial charge in [-0.3, -0.25) is 0 Å². The molecule has 0 radical (unpaired) electrons. The molecule has 3 saturated carbocycles. The van der Waals surface area contributed by atoms with Gasteiger partial charge in [0, 0.05) is 6.04 Å². The average Bonchev–Trinajstić information content (AvgIpc) is 2.82. The third-order valence-corrected chi connectivity index (χ3v) is 6.57. The highest BCUT2D eigenvalue weighted by Gasteiger charge is 2.66. The third-order valence-electron chi connectivity index (χ3n) is 6.57. The lowest BCUT2D eigenvalue weighted by molar-refractivity contribution is 0.409. The van der Waals surface area contributed by atoms with Crippen molar-refractivity contribution in [2.45, 2.75) is 52.5 Å². The minimum Gasteiger partial charge on any atom is -0.327 e. The molecule has 5 atom stereocenters. The van der Waals surface area contributed by atoms with Gasteiger partial charge in [0.25, 0.3) is 0 Å². The molecule has 2 bridgehead atoms. The van der Waals surface area contributed by atoms with Gasteiger partial charge >= 0.3 is 0 Å². The molecule has 1 aromatic carbocycles. The van der Waals surface area contributed by atoms with Crippen LogP contribution >= 0.6 is 0 Å². The van der Waals surface area contributed by atoms with Gasteiger partial charge in [-0.15, -0.1) is 0 Å². The highest BCUT2D eigenvalue weighted by Crippen LogP contribution is 2.70. The van der Waals surface area contributed by atoms with E-state index in [1.54, 1.807) is 0 Å². The molecule has 3 aliphatic rings. The highest BCUT2D eigenvalue weighted by molar-refractivity contribution is 5.38. The topological polar surface area (TPSA) is 26.0 Å². The molecule has 1 heteroatoms. The number of hydrogen-bond acceptors (Lipinski definition) is 1. The van der Waals surface area contributed by atoms with E-state index in [9.17, 15) is 0 Å². The van der Waals surface area contributed by atoms with E-state index in [2.05, 4.69) is 32.9 Å². The second-order valence-corrected chi connectivity index (χ2v) is 7.81. The van der Waals surface area contributed by atoms with Crippen LogP contribution in [0, 0.1) is 50.4 Å². The van der Waals surface area contributed by atoms with Crippen LogP contribution in [0.15, 0.2) is 12.1 Å². The van der Waals surface area contributed by atoms with Gasteiger partial charge in [0.15, 0.2) is 0 Å². The Balaban J connectivity index is 1.51. The van der Waals surface area contributed by atoms with Gasteiger partial charge in [0.2, 0.25) is 0 Å². The Kier molecular flexibility index (Phi) is 2.79. The van der Waals surface area contributed by atoms with Crippen molar-refractivity contribution in [2.75, 3.05) is 0 Å². The summed E-state index contributed by atoms with van der Waals surface area (Å²) in [6.07, 6.45) is 5.62. The van der Waals surface area contributed by atoms with Crippen molar-refractivity contribution in [3.05, 3.63) is 34.4 Å². The zero-order valence-electron chi connectivity index (χ0n) is 13.0. The van der Waals surface area contributed by atoms with Crippen LogP contribution in [0.2, 0.25) is 0 Å². The smallest absolute Gasteiger partial charge is 0.0114 e. The molecule has 0 amide bonds. The molecule has 0 aromatic heterocycles. The van der Waals surface area contributed by atoms with Crippen molar-refractivity contribution in [3.63, 3.8) is 0 Å². The monoisotopic (exact) mass is 269 g/mol. The molecular formula is C19H27N. The second-order valence-electron chi connectivity index (χ2n) is 7.81. The molecule has 3 fully saturated rings. The minimum absolute atomic E-state index is 0.397. The summed E-state index contributed by atoms with van der Waals surface area (Å²) in [5.74, 6) is 4.95. The lowest BCUT2D eigenvalue weighted by Gasteiger charge is -2.19. The zero-order valence-corrected chi connectivity index (χ0v) is 13.0. The number of hydrogen-bond donors (Lipinski definition) is 1. The SMILES string of the molecule is Cc1cc(C)c(CC(N)C2C3C4CCC(C4)C23)c(C)c1. The Morgan fingerprint density at radius 3 is 2.15 bits per heavy atom. The van der Waals surface area contributed by atoms with Crippen LogP contribution in [-0.4, -0.2) is 6.04 Å². The fourth-order valence-electron chi connectivity index (χ4n) is 5.87. The summed E-state index contributed by atoms with van der Waals surface area (Å²) < 4.78 is 0. The molecule has 20 heavy (non-hydrogen) atoms. The summed E-state index contributed by atoms with van der Waals surface area (Å²) in [5, 5.41) is 0. The molecule has 2 N–H and O–H groups in total. The van der Waals surface area contributed by atoms with E-state index in [-0.39, 0.29) is 0 Å². The number of benzene rings is 1. The third kappa shape index (κ3) is 1.79. The normalized spacial score (nSPS) is 38.9. The van der Waals surface area contributed by atoms with Crippen molar-refractivity contribution in [1.82, 2.24) is 0 Å². The van der Waals surface area contributed by atoms with Crippen molar-refractivity contribution < 1.29 is 0 Å². The van der Waals surface area contributed by atoms with Gasteiger partial charge in [-0.05, 0) is 92.7 Å². The molecule has 4 rings (SSSR count). The molecule has 3 aliphatic carbocycles. The fraction of sp³-hybridized carbons (Fsp3) is 0.684. The summed E-state index contributed by atoms with van der Waals surface area (Å²) in [4.78, 5) is 0. The second kappa shape index (κ2) is 4.34. The number of nitrogens with two attached hydrogens (primary N) is 1. The van der Waals surface area contributed by atoms with E-state index in [1.165, 1.54) is 41.5 Å². The van der Waals surface area contributed by atoms with Crippen molar-refractivity contribution in [3.8, 4) is 0 Å². The first-order valence-corrected chi connectivity index (χ1v) is 8.38. The maximum Gasteiger partial charge on any atom is 0.0114 e. The van der Waals surface area contributed by atoms with Gasteiger partial charge in [-0.25, -0.2) is 0 Å². The van der Waals surface area contributed by atoms with Gasteiger partial charge in [-0.1, -0.05) is 17.7 Å². The molecule has 1 aromatic rings. The molecule has 0 heterocycles. The number of rotatable bonds is 3. The Morgan fingerprint density at radius 2 is 1.60 bits per heavy atom. The lowest BCUT2D eigenvalue weighted by Crippen LogP contribution is -2.29. The van der Waals surface area contributed by atoms with Crippen LogP contribution < -0.4 is 5.73 Å². The molecule has 0 saturated heterocycles. The Hall–Kier alpha value is -0.820. The number of aryl methyl sites for hydroxylation is 3. The lowest BCUT2D eigenvalue weighted by atomic mass is 9.90. The summed E-state index contributed by atoms with van der Waals surface area (Å²) in [6.45, 7) is 6.69. The van der Waals surface area contributed by atoms with Gasteiger partial charge < -0.3 is 5.73 Å². The van der Waals surface area contributed by atoms with Crippen molar-refractivity contribution in [1.29, 1.82) is 0 Å². The van der Waals surface area contributed by atoms with Gasteiger partial charge in [0.1, 0.15) is 0 Å². The average molecular weight is 269 g/mol. The molecule has 5 unspecified atom stereocenters. The first kappa shape index (κ1) is 12.9. The van der Waals surface area contributed by atoms with Crippen LogP contribution in [0.25, 0.3) is 0 Å². The Morgan fingerprint density at radius 1 is 1.05 bits per heavy atom. The minimum atomic E-state index is 0.397. The Bertz CT molecular complexity index is 508. The highest BCUT2D eigenvalue weighted by atomic mass is 14.8. The summed E-state index contributed by atoms with van der Waals surface area (Å²) >= 11 is 0. The standard InChI is InChI=1S/C19H27N/c1-10-6-11(2)15(12(3)7-10)9-16(20)19-17-13-4-5-14(8-13)18(17)19/h6-7,13-14,16-19H,4-5,8-9,20H2,1-3H3. The van der Waals surface area contributed by atoms with E-state index in [0.29, 0.717) is 6.04 Å². The van der Waals surface area contributed by atoms with Crippen LogP contribution in [0.1, 0.15) is 41.5 Å². The molecule has 0 spiro atoms. The van der Waals surface area contributed by atoms with E-state index < -0.39 is 0 Å². The van der Waals surface area contributed by atoms with Crippen LogP contribution in [0.4, 0.5) is 0 Å². The zero-order chi connectivity index (χ0) is 14.0. The molecule has 0 aliphatic heterocycles. The first-order valence-electron chi connectivity index (χ1n) is 8.38.